The summed E-state index contributed by atoms with van der Waals surface area (Å²) in [5, 5.41) is 0.304. The molecule has 1 heterocycles. The van der Waals surface area contributed by atoms with Crippen LogP contribution < -0.4 is 0 Å². The molecule has 0 radical (unpaired) electrons. The maximum atomic E-state index is 13.3. The van der Waals surface area contributed by atoms with E-state index in [9.17, 15) is 4.79 Å². The van der Waals surface area contributed by atoms with Crippen molar-refractivity contribution in [2.45, 2.75) is 271 Å². The number of piperazine rings is 1. The summed E-state index contributed by atoms with van der Waals surface area (Å²) in [4.78, 5) is 21.1. The van der Waals surface area contributed by atoms with E-state index in [4.69, 9.17) is 13.6 Å². The fourth-order valence-electron chi connectivity index (χ4n) is 8.52. The Morgan fingerprint density at radius 1 is 0.613 bits per heavy atom. The summed E-state index contributed by atoms with van der Waals surface area (Å²) in [6, 6.07) is 0.988. The minimum atomic E-state index is -2.01. The monoisotopic (exact) mass is 928 g/mol. The molecule has 1 rings (SSSR count). The lowest BCUT2D eigenvalue weighted by molar-refractivity contribution is -0.144. The van der Waals surface area contributed by atoms with Gasteiger partial charge in [0, 0.05) is 51.2 Å². The Bertz CT molecular complexity index is 1060. The summed E-state index contributed by atoms with van der Waals surface area (Å²) >= 11 is 4.40. The zero-order chi connectivity index (χ0) is 46.7. The molecule has 370 valence electrons. The van der Waals surface area contributed by atoms with E-state index in [1.807, 2.05) is 0 Å². The molecule has 1 fully saturated rings. The van der Waals surface area contributed by atoms with Gasteiger partial charge in [-0.05, 0) is 101 Å². The zero-order valence-corrected chi connectivity index (χ0v) is 47.0. The normalized spacial score (nSPS) is 18.5. The van der Waals surface area contributed by atoms with Crippen molar-refractivity contribution >= 4 is 35.2 Å². The SMILES string of the molecule is CCCCCCCCCCC(CN(CCCC(=O)OCCN1CC(C)N(CCCCS)CC1C)CC(CCCCCCCCCC)O[Si](C)(C)C(C)(C)C)O[Si](C)(C)C(C)(C)C. The van der Waals surface area contributed by atoms with Gasteiger partial charge in [0.25, 0.3) is 0 Å². The molecule has 0 amide bonds. The third kappa shape index (κ3) is 26.4. The van der Waals surface area contributed by atoms with Crippen molar-refractivity contribution in [3.8, 4) is 0 Å². The van der Waals surface area contributed by atoms with Crippen LogP contribution in [0.3, 0.4) is 0 Å². The summed E-state index contributed by atoms with van der Waals surface area (Å²) in [7, 11) is -4.01. The maximum Gasteiger partial charge on any atom is 0.305 e. The molecule has 0 aromatic rings. The van der Waals surface area contributed by atoms with Crippen LogP contribution in [0.1, 0.15) is 210 Å². The van der Waals surface area contributed by atoms with Crippen molar-refractivity contribution in [3.05, 3.63) is 0 Å². The first kappa shape index (κ1) is 60.1. The Labute approximate surface area is 395 Å². The molecule has 62 heavy (non-hydrogen) atoms. The Morgan fingerprint density at radius 2 is 1.02 bits per heavy atom. The molecular formula is C52H109N3O4SSi2. The molecule has 0 N–H and O–H groups in total. The molecule has 7 nitrogen and oxygen atoms in total. The molecule has 0 bridgehead atoms. The Morgan fingerprint density at radius 3 is 1.42 bits per heavy atom. The van der Waals surface area contributed by atoms with Crippen molar-refractivity contribution in [3.63, 3.8) is 0 Å². The van der Waals surface area contributed by atoms with Gasteiger partial charge in [0.15, 0.2) is 16.6 Å². The molecule has 0 aliphatic carbocycles. The number of hydrogen-bond donors (Lipinski definition) is 1. The lowest BCUT2D eigenvalue weighted by Gasteiger charge is -2.44. The van der Waals surface area contributed by atoms with Gasteiger partial charge >= 0.3 is 5.97 Å². The maximum absolute atomic E-state index is 13.3. The average Bonchev–Trinajstić information content (AvgIpc) is 3.17. The fourth-order valence-corrected chi connectivity index (χ4v) is 11.5. The third-order valence-electron chi connectivity index (χ3n) is 14.8. The number of nitrogens with zero attached hydrogens (tertiary/aromatic N) is 3. The van der Waals surface area contributed by atoms with Crippen LogP contribution in [0.4, 0.5) is 0 Å². The Hall–Kier alpha value is 0.0538. The average molecular weight is 929 g/mol. The molecule has 4 unspecified atom stereocenters. The van der Waals surface area contributed by atoms with Crippen LogP contribution >= 0.6 is 12.6 Å². The van der Waals surface area contributed by atoms with Crippen molar-refractivity contribution in [2.75, 3.05) is 58.2 Å². The van der Waals surface area contributed by atoms with Gasteiger partial charge < -0.3 is 13.6 Å². The van der Waals surface area contributed by atoms with Crippen LogP contribution in [0.2, 0.25) is 36.3 Å². The first-order chi connectivity index (χ1) is 29.2. The summed E-state index contributed by atoms with van der Waals surface area (Å²) < 4.78 is 20.6. The summed E-state index contributed by atoms with van der Waals surface area (Å²) in [6.45, 7) is 40.4. The molecular weight excluding hydrogens is 819 g/mol. The standard InChI is InChI=1S/C52H109N3O4SSi2/c1-15-17-19-21-23-25-27-29-34-48(58-61(11,12)51(5,6)7)44-53(45-49(59-62(13,14)52(8,9)10)35-30-28-26-24-22-20-18-16-2)37-33-36-50(56)57-40-39-55-43-46(3)54(42-47(55)4)38-31-32-41-60/h46-49,60H,15-45H2,1-14H3. The van der Waals surface area contributed by atoms with E-state index in [-0.39, 0.29) is 28.3 Å². The first-order valence-electron chi connectivity index (χ1n) is 26.5. The number of ether oxygens (including phenoxy) is 1. The summed E-state index contributed by atoms with van der Waals surface area (Å²) in [5.41, 5.74) is 0. The molecule has 1 aliphatic heterocycles. The highest BCUT2D eigenvalue weighted by atomic mass is 32.1. The number of esters is 1. The van der Waals surface area contributed by atoms with Gasteiger partial charge in [-0.15, -0.1) is 0 Å². The van der Waals surface area contributed by atoms with Gasteiger partial charge in [-0.1, -0.05) is 158 Å². The smallest absolute Gasteiger partial charge is 0.305 e. The lowest BCUT2D eigenvalue weighted by Crippen LogP contribution is -2.57. The summed E-state index contributed by atoms with van der Waals surface area (Å²) in [6.07, 6.45) is 27.4. The minimum Gasteiger partial charge on any atom is -0.464 e. The van der Waals surface area contributed by atoms with E-state index >= 15 is 0 Å². The number of thiol groups is 1. The second kappa shape index (κ2) is 32.7. The number of carbonyl (C=O) groups excluding carboxylic acids is 1. The van der Waals surface area contributed by atoms with Crippen LogP contribution in [0.25, 0.3) is 0 Å². The largest absolute Gasteiger partial charge is 0.464 e. The molecule has 1 aliphatic rings. The number of hydrogen-bond acceptors (Lipinski definition) is 8. The van der Waals surface area contributed by atoms with Crippen LogP contribution in [-0.4, -0.2) is 120 Å². The highest BCUT2D eigenvalue weighted by Gasteiger charge is 2.41. The van der Waals surface area contributed by atoms with Crippen molar-refractivity contribution in [1.82, 2.24) is 14.7 Å². The molecule has 10 heteroatoms. The van der Waals surface area contributed by atoms with Crippen molar-refractivity contribution in [2.24, 2.45) is 0 Å². The predicted molar refractivity (Wildman–Crippen MR) is 280 cm³/mol. The van der Waals surface area contributed by atoms with Gasteiger partial charge in [0.05, 0.1) is 12.2 Å². The molecule has 0 spiro atoms. The van der Waals surface area contributed by atoms with Crippen molar-refractivity contribution in [1.29, 1.82) is 0 Å². The number of rotatable bonds is 37. The van der Waals surface area contributed by atoms with E-state index in [1.54, 1.807) is 0 Å². The zero-order valence-electron chi connectivity index (χ0n) is 44.2. The number of unbranched alkanes of at least 4 members (excludes halogenated alkanes) is 15. The molecule has 4 atom stereocenters. The van der Waals surface area contributed by atoms with Crippen LogP contribution in [-0.2, 0) is 18.4 Å². The topological polar surface area (TPSA) is 54.5 Å². The Kier molecular flexibility index (Phi) is 31.7. The number of carbonyl (C=O) groups is 1. The molecule has 0 saturated carbocycles. The third-order valence-corrected chi connectivity index (χ3v) is 24.2. The molecule has 0 aromatic carbocycles. The van der Waals surface area contributed by atoms with Crippen LogP contribution in [0.15, 0.2) is 0 Å². The quantitative estimate of drug-likeness (QED) is 0.0288. The van der Waals surface area contributed by atoms with Gasteiger partial charge in [0.1, 0.15) is 6.61 Å². The van der Waals surface area contributed by atoms with Gasteiger partial charge in [0.2, 0.25) is 0 Å². The molecule has 1 saturated heterocycles. The van der Waals surface area contributed by atoms with Crippen molar-refractivity contribution < 1.29 is 18.4 Å². The van der Waals surface area contributed by atoms with E-state index in [0.29, 0.717) is 25.1 Å². The van der Waals surface area contributed by atoms with E-state index in [1.165, 1.54) is 116 Å². The van der Waals surface area contributed by atoms with E-state index in [2.05, 4.69) is 123 Å². The first-order valence-corrected chi connectivity index (χ1v) is 32.9. The Balaban J connectivity index is 3.13. The fraction of sp³-hybridized carbons (Fsp3) is 0.981. The van der Waals surface area contributed by atoms with Crippen LogP contribution in [0, 0.1) is 0 Å². The van der Waals surface area contributed by atoms with Gasteiger partial charge in [-0.2, -0.15) is 12.6 Å². The molecule has 0 aromatic heterocycles. The lowest BCUT2D eigenvalue weighted by atomic mass is 10.0. The highest BCUT2D eigenvalue weighted by molar-refractivity contribution is 7.80. The highest BCUT2D eigenvalue weighted by Crippen LogP contribution is 2.39. The van der Waals surface area contributed by atoms with E-state index < -0.39 is 16.6 Å². The second-order valence-corrected chi connectivity index (χ2v) is 32.7. The summed E-state index contributed by atoms with van der Waals surface area (Å²) in [5.74, 6) is 0.904. The predicted octanol–water partition coefficient (Wildman–Crippen LogP) is 14.6. The van der Waals surface area contributed by atoms with Gasteiger partial charge in [-0.3, -0.25) is 19.5 Å². The minimum absolute atomic E-state index is 0.0583. The van der Waals surface area contributed by atoms with E-state index in [0.717, 1.165) is 70.8 Å². The van der Waals surface area contributed by atoms with Crippen LogP contribution in [0.5, 0.6) is 0 Å². The van der Waals surface area contributed by atoms with Gasteiger partial charge in [-0.25, -0.2) is 0 Å². The second-order valence-electron chi connectivity index (χ2n) is 22.7.